The molecular weight excluding hydrogens is 420 g/mol. The number of ether oxygens (including phenoxy) is 1. The van der Waals surface area contributed by atoms with Crippen LogP contribution in [0, 0.1) is 10.1 Å². The molecule has 1 fully saturated rings. The predicted molar refractivity (Wildman–Crippen MR) is 117 cm³/mol. The van der Waals surface area contributed by atoms with Gasteiger partial charge in [-0.25, -0.2) is 4.79 Å². The maximum absolute atomic E-state index is 12.6. The molecule has 2 heterocycles. The smallest absolute Gasteiger partial charge is 0.410 e. The van der Waals surface area contributed by atoms with Crippen LogP contribution >= 0.6 is 12.6 Å². The first-order chi connectivity index (χ1) is 14.9. The van der Waals surface area contributed by atoms with Crippen LogP contribution in [0.1, 0.15) is 24.0 Å². The molecule has 0 unspecified atom stereocenters. The van der Waals surface area contributed by atoms with E-state index in [0.717, 1.165) is 18.4 Å². The lowest BCUT2D eigenvalue weighted by Gasteiger charge is -2.23. The number of amides is 2. The Bertz CT molecular complexity index is 910. The normalized spacial score (nSPS) is 17.9. The molecule has 1 aliphatic heterocycles. The fourth-order valence-electron chi connectivity index (χ4n) is 3.38. The van der Waals surface area contributed by atoms with Crippen molar-refractivity contribution >= 4 is 30.3 Å². The lowest BCUT2D eigenvalue weighted by molar-refractivity contribution is -0.384. The number of rotatable bonds is 8. The van der Waals surface area contributed by atoms with E-state index in [1.165, 1.54) is 29.2 Å². The number of pyridine rings is 1. The molecule has 10 heteroatoms. The minimum Gasteiger partial charge on any atom is -0.445 e. The van der Waals surface area contributed by atoms with Gasteiger partial charge in [-0.15, -0.1) is 0 Å². The molecule has 9 nitrogen and oxygen atoms in total. The van der Waals surface area contributed by atoms with E-state index in [1.807, 2.05) is 12.1 Å². The number of carbonyl (C=O) groups is 2. The minimum absolute atomic E-state index is 0.0341. The number of benzene rings is 1. The van der Waals surface area contributed by atoms with Crippen LogP contribution in [-0.2, 0) is 22.6 Å². The van der Waals surface area contributed by atoms with E-state index in [9.17, 15) is 19.7 Å². The summed E-state index contributed by atoms with van der Waals surface area (Å²) in [6, 6.07) is 9.01. The second kappa shape index (κ2) is 10.8. The number of likely N-dealkylation sites (tertiary alicyclic amines) is 1. The van der Waals surface area contributed by atoms with Crippen LogP contribution in [0.4, 0.5) is 10.5 Å². The molecule has 1 aromatic carbocycles. The summed E-state index contributed by atoms with van der Waals surface area (Å²) < 4.78 is 5.32. The van der Waals surface area contributed by atoms with Crippen molar-refractivity contribution in [3.63, 3.8) is 0 Å². The van der Waals surface area contributed by atoms with Gasteiger partial charge in [-0.2, -0.15) is 12.6 Å². The highest BCUT2D eigenvalue weighted by molar-refractivity contribution is 7.81. The Morgan fingerprint density at radius 1 is 1.19 bits per heavy atom. The van der Waals surface area contributed by atoms with Gasteiger partial charge in [0.2, 0.25) is 5.91 Å². The highest BCUT2D eigenvalue weighted by atomic mass is 32.1. The number of non-ortho nitro benzene ring substituents is 1. The van der Waals surface area contributed by atoms with Gasteiger partial charge in [-0.1, -0.05) is 0 Å². The molecular formula is C21H24N4O5S. The van der Waals surface area contributed by atoms with Crippen molar-refractivity contribution in [1.29, 1.82) is 0 Å². The second-order valence-corrected chi connectivity index (χ2v) is 8.02. The van der Waals surface area contributed by atoms with Gasteiger partial charge in [0.1, 0.15) is 12.6 Å². The van der Waals surface area contributed by atoms with Crippen molar-refractivity contribution in [3.05, 3.63) is 70.0 Å². The van der Waals surface area contributed by atoms with Gasteiger partial charge in [0.05, 0.1) is 4.92 Å². The van der Waals surface area contributed by atoms with Gasteiger partial charge in [0, 0.05) is 42.9 Å². The molecule has 0 saturated carbocycles. The third-order valence-corrected chi connectivity index (χ3v) is 5.39. The Morgan fingerprint density at radius 2 is 1.90 bits per heavy atom. The zero-order valence-electron chi connectivity index (χ0n) is 16.8. The van der Waals surface area contributed by atoms with Crippen LogP contribution < -0.4 is 5.32 Å². The fraction of sp³-hybridized carbons (Fsp3) is 0.381. The van der Waals surface area contributed by atoms with Gasteiger partial charge >= 0.3 is 6.09 Å². The fourth-order valence-corrected chi connectivity index (χ4v) is 3.75. The van der Waals surface area contributed by atoms with E-state index in [2.05, 4.69) is 22.9 Å². The number of aromatic nitrogens is 1. The summed E-state index contributed by atoms with van der Waals surface area (Å²) in [5.74, 6) is -0.224. The van der Waals surface area contributed by atoms with E-state index < -0.39 is 17.1 Å². The highest BCUT2D eigenvalue weighted by Gasteiger charge is 2.39. The van der Waals surface area contributed by atoms with Gasteiger partial charge < -0.3 is 10.1 Å². The molecule has 0 spiro atoms. The largest absolute Gasteiger partial charge is 0.445 e. The van der Waals surface area contributed by atoms with Gasteiger partial charge in [0.25, 0.3) is 5.69 Å². The summed E-state index contributed by atoms with van der Waals surface area (Å²) in [7, 11) is 0. The first kappa shape index (κ1) is 22.5. The van der Waals surface area contributed by atoms with Crippen molar-refractivity contribution in [1.82, 2.24) is 15.2 Å². The first-order valence-corrected chi connectivity index (χ1v) is 10.5. The van der Waals surface area contributed by atoms with Crippen LogP contribution in [-0.4, -0.2) is 51.2 Å². The minimum atomic E-state index is -0.632. The zero-order valence-corrected chi connectivity index (χ0v) is 17.7. The molecule has 1 saturated heterocycles. The molecule has 2 amide bonds. The second-order valence-electron chi connectivity index (χ2n) is 7.29. The lowest BCUT2D eigenvalue weighted by atomic mass is 10.1. The monoisotopic (exact) mass is 444 g/mol. The average molecular weight is 445 g/mol. The number of hydrogen-bond acceptors (Lipinski definition) is 7. The third-order valence-electron chi connectivity index (χ3n) is 5.02. The molecule has 2 aromatic rings. The van der Waals surface area contributed by atoms with E-state index in [-0.39, 0.29) is 23.5 Å². The quantitative estimate of drug-likeness (QED) is 0.280. The van der Waals surface area contributed by atoms with Crippen LogP contribution in [0.3, 0.4) is 0 Å². The summed E-state index contributed by atoms with van der Waals surface area (Å²) >= 11 is 4.43. The van der Waals surface area contributed by atoms with Crippen molar-refractivity contribution in [2.75, 3.05) is 13.1 Å². The molecule has 2 atom stereocenters. The van der Waals surface area contributed by atoms with Crippen LogP contribution in [0.25, 0.3) is 0 Å². The third kappa shape index (κ3) is 6.42. The molecule has 3 rings (SSSR count). The lowest BCUT2D eigenvalue weighted by Crippen LogP contribution is -2.46. The van der Waals surface area contributed by atoms with Crippen molar-refractivity contribution in [2.45, 2.75) is 37.2 Å². The Kier molecular flexibility index (Phi) is 7.82. The zero-order chi connectivity index (χ0) is 22.2. The van der Waals surface area contributed by atoms with Crippen molar-refractivity contribution in [3.8, 4) is 0 Å². The van der Waals surface area contributed by atoms with E-state index in [0.29, 0.717) is 25.1 Å². The molecule has 31 heavy (non-hydrogen) atoms. The Balaban J connectivity index is 1.47. The number of nitro benzene ring substituents is 1. The summed E-state index contributed by atoms with van der Waals surface area (Å²) in [6.07, 6.45) is 4.91. The van der Waals surface area contributed by atoms with Crippen LogP contribution in [0.15, 0.2) is 48.8 Å². The summed E-state index contributed by atoms with van der Waals surface area (Å²) in [4.78, 5) is 40.8. The molecule has 0 bridgehead atoms. The maximum Gasteiger partial charge on any atom is 0.410 e. The Hall–Kier alpha value is -3.14. The molecule has 0 radical (unpaired) electrons. The number of nitrogens with zero attached hydrogens (tertiary/aromatic N) is 3. The number of hydrogen-bond donors (Lipinski definition) is 2. The molecule has 0 aliphatic carbocycles. The van der Waals surface area contributed by atoms with E-state index in [4.69, 9.17) is 4.74 Å². The number of carbonyl (C=O) groups excluding carboxylic acids is 2. The number of thiol groups is 1. The standard InChI is InChI=1S/C21H24N4O5S/c26-20(23-9-1-2-15-7-10-22-11-8-15)19-12-18(31)13-24(19)21(27)30-14-16-3-5-17(6-4-16)25(28)29/h3-8,10-11,18-19,31H,1-2,9,12-14H2,(H,23,26)/t18-,19-/m0/s1. The van der Waals surface area contributed by atoms with Crippen LogP contribution in [0.5, 0.6) is 0 Å². The van der Waals surface area contributed by atoms with E-state index >= 15 is 0 Å². The average Bonchev–Trinajstić information content (AvgIpc) is 3.18. The number of nitro groups is 1. The highest BCUT2D eigenvalue weighted by Crippen LogP contribution is 2.23. The maximum atomic E-state index is 12.6. The topological polar surface area (TPSA) is 115 Å². The predicted octanol–water partition coefficient (Wildman–Crippen LogP) is 2.75. The van der Waals surface area contributed by atoms with Crippen molar-refractivity contribution in [2.24, 2.45) is 0 Å². The summed E-state index contributed by atoms with van der Waals surface area (Å²) in [6.45, 7) is 0.780. The van der Waals surface area contributed by atoms with Gasteiger partial charge in [-0.05, 0) is 54.7 Å². The number of nitrogens with one attached hydrogen (secondary N) is 1. The Morgan fingerprint density at radius 3 is 2.58 bits per heavy atom. The SMILES string of the molecule is O=C(NCCCc1ccncc1)[C@@H]1C[C@H](S)CN1C(=O)OCc1ccc([N+](=O)[O-])cc1. The van der Waals surface area contributed by atoms with Crippen molar-refractivity contribution < 1.29 is 19.2 Å². The van der Waals surface area contributed by atoms with Gasteiger partial charge in [0.15, 0.2) is 0 Å². The molecule has 1 aliphatic rings. The van der Waals surface area contributed by atoms with Gasteiger partial charge in [-0.3, -0.25) is 24.8 Å². The Labute approximate surface area is 185 Å². The number of aryl methyl sites for hydroxylation is 1. The first-order valence-electron chi connectivity index (χ1n) is 9.95. The van der Waals surface area contributed by atoms with E-state index in [1.54, 1.807) is 12.4 Å². The summed E-state index contributed by atoms with van der Waals surface area (Å²) in [5.41, 5.74) is 1.74. The summed E-state index contributed by atoms with van der Waals surface area (Å²) in [5, 5.41) is 13.5. The molecule has 1 aromatic heterocycles. The molecule has 164 valence electrons. The molecule has 1 N–H and O–H groups in total. The van der Waals surface area contributed by atoms with Crippen LogP contribution in [0.2, 0.25) is 0 Å².